The number of pyridine rings is 4. The summed E-state index contributed by atoms with van der Waals surface area (Å²) in [6.45, 7) is 10.5. The van der Waals surface area contributed by atoms with Gasteiger partial charge in [-0.15, -0.1) is 45.3 Å². The van der Waals surface area contributed by atoms with Crippen molar-refractivity contribution < 1.29 is 101 Å². The summed E-state index contributed by atoms with van der Waals surface area (Å²) < 4.78 is 19.7. The molecular weight excluding hydrogens is 1710 g/mol. The first kappa shape index (κ1) is 96.5. The highest BCUT2D eigenvalue weighted by Gasteiger charge is 2.39. The second-order valence-electron chi connectivity index (χ2n) is 29.1. The number of nitrogens with one attached hydrogen (secondary N) is 5. The number of nitrogens with zero attached hydrogens (tertiary/aromatic N) is 7. The van der Waals surface area contributed by atoms with Gasteiger partial charge in [0.25, 0.3) is 47.3 Å². The molecule has 15 amide bonds. The minimum absolute atomic E-state index is 0.00850. The lowest BCUT2D eigenvalue weighted by Gasteiger charge is -2.37. The maximum atomic E-state index is 13.0. The van der Waals surface area contributed by atoms with Gasteiger partial charge in [-0.05, 0) is 154 Å². The number of amides is 15. The normalized spacial score (nSPS) is 18.1. The number of carbonyl (C=O) groups is 16. The molecule has 0 radical (unpaired) electrons. The van der Waals surface area contributed by atoms with Crippen LogP contribution in [0.3, 0.4) is 0 Å². The molecule has 8 aromatic heterocycles. The first-order valence-electron chi connectivity index (χ1n) is 38.3. The van der Waals surface area contributed by atoms with Gasteiger partial charge in [-0.1, -0.05) is 27.7 Å². The maximum Gasteiger partial charge on any atom is 0.394 e. The van der Waals surface area contributed by atoms with Crippen molar-refractivity contribution >= 4 is 163 Å². The zero-order chi connectivity index (χ0) is 92.0. The van der Waals surface area contributed by atoms with Crippen molar-refractivity contribution in [2.45, 2.75) is 103 Å². The number of nitrogens with two attached hydrogens (primary N) is 8. The number of likely N-dealkylation sites (tertiary alicyclic amines) is 3. The highest BCUT2D eigenvalue weighted by atomic mass is 32.1. The van der Waals surface area contributed by atoms with E-state index in [4.69, 9.17) is 69.9 Å². The predicted molar refractivity (Wildman–Crippen MR) is 458 cm³/mol. The van der Waals surface area contributed by atoms with Crippen LogP contribution in [0.15, 0.2) is 97.6 Å². The molecule has 0 unspecified atom stereocenters. The van der Waals surface area contributed by atoms with Gasteiger partial charge >= 0.3 is 47.3 Å². The second-order valence-corrected chi connectivity index (χ2v) is 33.5. The molecule has 45 heteroatoms. The number of hydrogen-bond acceptors (Lipinski definition) is 29. The zero-order valence-corrected chi connectivity index (χ0v) is 72.1. The van der Waals surface area contributed by atoms with E-state index in [-0.39, 0.29) is 110 Å². The Morgan fingerprint density at radius 1 is 0.352 bits per heavy atom. The lowest BCUT2D eigenvalue weighted by atomic mass is 9.93. The van der Waals surface area contributed by atoms with E-state index >= 15 is 0 Å². The van der Waals surface area contributed by atoms with Crippen LogP contribution in [0.4, 0.5) is 22.7 Å². The van der Waals surface area contributed by atoms with Crippen LogP contribution in [0.1, 0.15) is 203 Å². The average Bonchev–Trinajstić information content (AvgIpc) is 1.75. The maximum absolute atomic E-state index is 13.0. The van der Waals surface area contributed by atoms with Gasteiger partial charge in [-0.25, -0.2) is 24.7 Å². The van der Waals surface area contributed by atoms with E-state index in [2.05, 4.69) is 48.1 Å². The minimum atomic E-state index is -1.65. The summed E-state index contributed by atoms with van der Waals surface area (Å²) in [6.07, 6.45) is 12.0. The highest BCUT2D eigenvalue weighted by molar-refractivity contribution is 7.15. The van der Waals surface area contributed by atoms with Crippen molar-refractivity contribution in [2.24, 2.45) is 69.5 Å². The van der Waals surface area contributed by atoms with Gasteiger partial charge in [0.1, 0.15) is 22.3 Å². The van der Waals surface area contributed by atoms with Gasteiger partial charge in [0.15, 0.2) is 0 Å². The number of hydrogen-bond donors (Lipinski definition) is 14. The number of ether oxygens (including phenoxy) is 4. The van der Waals surface area contributed by atoms with Gasteiger partial charge in [0.2, 0.25) is 23.5 Å². The van der Waals surface area contributed by atoms with Crippen LogP contribution < -0.4 is 91.4 Å². The first-order chi connectivity index (χ1) is 59.2. The highest BCUT2D eigenvalue weighted by Crippen LogP contribution is 2.41. The van der Waals surface area contributed by atoms with Crippen molar-refractivity contribution in [3.63, 3.8) is 0 Å². The van der Waals surface area contributed by atoms with Crippen LogP contribution in [0, 0.1) is 23.7 Å². The molecular formula is C80H94N20O21S4. The Morgan fingerprint density at radius 2 is 0.600 bits per heavy atom. The van der Waals surface area contributed by atoms with E-state index in [9.17, 15) is 76.7 Å². The van der Waals surface area contributed by atoms with Crippen LogP contribution in [0.5, 0.6) is 23.5 Å². The molecule has 0 spiro atoms. The van der Waals surface area contributed by atoms with Crippen LogP contribution in [-0.4, -0.2) is 189 Å². The van der Waals surface area contributed by atoms with E-state index < -0.39 is 88.7 Å². The molecule has 4 fully saturated rings. The van der Waals surface area contributed by atoms with Crippen LogP contribution >= 0.6 is 45.3 Å². The summed E-state index contributed by atoms with van der Waals surface area (Å²) >= 11 is 5.17. The lowest BCUT2D eigenvalue weighted by Crippen LogP contribution is -2.46. The van der Waals surface area contributed by atoms with Crippen molar-refractivity contribution in [1.82, 2.24) is 40.0 Å². The van der Waals surface area contributed by atoms with Crippen molar-refractivity contribution in [1.29, 1.82) is 0 Å². The van der Waals surface area contributed by atoms with Gasteiger partial charge in [-0.2, -0.15) is 0 Å². The van der Waals surface area contributed by atoms with E-state index in [0.29, 0.717) is 64.4 Å². The molecule has 4 aliphatic rings. The smallest absolute Gasteiger partial charge is 0.394 e. The molecule has 664 valence electrons. The Balaban J connectivity index is 0.000000199. The number of rotatable bonds is 20. The third-order valence-corrected chi connectivity index (χ3v) is 24.6. The largest absolute Gasteiger partial charge is 0.480 e. The van der Waals surface area contributed by atoms with Crippen LogP contribution in [-0.2, 0) is 38.4 Å². The van der Waals surface area contributed by atoms with Gasteiger partial charge in [-0.3, -0.25) is 71.9 Å². The number of carboxylic acids is 1. The number of primary amides is 8. The summed E-state index contributed by atoms with van der Waals surface area (Å²) in [5, 5.41) is 21.3. The molecule has 0 bridgehead atoms. The fraction of sp³-hybridized carbons (Fsp3) is 0.350. The monoisotopic (exact) mass is 1800 g/mol. The van der Waals surface area contributed by atoms with Gasteiger partial charge in [0, 0.05) is 45.2 Å². The zero-order valence-electron chi connectivity index (χ0n) is 68.8. The Morgan fingerprint density at radius 3 is 0.824 bits per heavy atom. The second kappa shape index (κ2) is 44.2. The summed E-state index contributed by atoms with van der Waals surface area (Å²) in [5.74, 6) is -11.3. The fourth-order valence-electron chi connectivity index (χ4n) is 13.5. The quantitative estimate of drug-likeness (QED) is 0.0447. The number of methoxy groups -OCH3 is 4. The fourth-order valence-corrected chi connectivity index (χ4v) is 17.5. The molecule has 22 N–H and O–H groups in total. The molecule has 4 saturated heterocycles. The van der Waals surface area contributed by atoms with E-state index in [1.807, 2.05) is 38.2 Å². The van der Waals surface area contributed by atoms with E-state index in [1.165, 1.54) is 143 Å². The number of carbonyl (C=O) groups excluding carboxylic acids is 15. The van der Waals surface area contributed by atoms with Crippen molar-refractivity contribution in [2.75, 3.05) is 75.9 Å². The number of aromatic nitrogens is 4. The molecule has 0 saturated carbocycles. The number of aliphatic carboxylic acids is 1. The molecule has 0 aliphatic carbocycles. The molecule has 12 rings (SSSR count). The van der Waals surface area contributed by atoms with Gasteiger partial charge < -0.3 is 111 Å². The number of anilines is 4. The molecule has 125 heavy (non-hydrogen) atoms. The molecule has 8 atom stereocenters. The summed E-state index contributed by atoms with van der Waals surface area (Å²) in [5.41, 5.74) is 42.6. The Labute approximate surface area is 730 Å². The topological polar surface area (TPSA) is 660 Å². The average molecular weight is 1800 g/mol. The first-order valence-corrected chi connectivity index (χ1v) is 41.6. The third kappa shape index (κ3) is 25.8. The minimum Gasteiger partial charge on any atom is -0.480 e. The van der Waals surface area contributed by atoms with E-state index in [1.54, 1.807) is 36.4 Å². The predicted octanol–water partition coefficient (Wildman–Crippen LogP) is 4.98. The SMILES string of the molecule is COc1ncc(NC(=O)C(=O)N2C[C@@H](C)CC[C@@H]2c2ccc(C(N)=O)s2)cc1C(N)=O.COc1ncc(NC(=O)C(=O)N2C[C@H](C)CC[C@H]2c2ccc(C(N)=O)s2)cc1C(N)=O.COc1ncc(NC(=O)C(=O)N2C[C@H](C)CC[C@H]2c2ccc(C(N)=O)s2)cc1C(N)=O.COc1ncc(NC(=O)C(=O)O)cc1C(N)=O.C[C@@H]1CC[C@@H](c2ccc(C(N)=O)s2)NC1. The number of piperidine rings is 4. The lowest BCUT2D eigenvalue weighted by molar-refractivity contribution is -0.147. The van der Waals surface area contributed by atoms with Crippen molar-refractivity contribution in [3.05, 3.63) is 159 Å². The Bertz CT molecular complexity index is 5020. The number of thiophene rings is 4. The van der Waals surface area contributed by atoms with Crippen molar-refractivity contribution in [3.8, 4) is 23.5 Å². The molecule has 4 aliphatic heterocycles. The number of carboxylic acid groups (broad SMARTS) is 1. The Hall–Kier alpha value is -13.9. The summed E-state index contributed by atoms with van der Waals surface area (Å²) in [6, 6.07) is 18.5. The molecule has 41 nitrogen and oxygen atoms in total. The van der Waals surface area contributed by atoms with Gasteiger partial charge in [0.05, 0.1) is 114 Å². The molecule has 0 aromatic carbocycles. The summed E-state index contributed by atoms with van der Waals surface area (Å²) in [4.78, 5) is 215. The Kier molecular flexibility index (Phi) is 34.2. The summed E-state index contributed by atoms with van der Waals surface area (Å²) in [7, 11) is 5.30. The van der Waals surface area contributed by atoms with Crippen LogP contribution in [0.2, 0.25) is 0 Å². The molecule has 8 aromatic rings. The van der Waals surface area contributed by atoms with E-state index in [0.717, 1.165) is 59.0 Å². The van der Waals surface area contributed by atoms with Crippen LogP contribution in [0.25, 0.3) is 0 Å². The third-order valence-electron chi connectivity index (χ3n) is 19.8. The molecule has 12 heterocycles. The standard InChI is InChI=1S/3C20H23N5O5S.C11H16N2OS.C9H9N3O5/c3*1-10-3-4-13(14-5-6-15(31-14)17(22)27)25(9-10)20(29)18(28)24-11-7-12(16(21)26)19(30-2)23-8-11;1-7-2-3-8(13-6-7)9-4-5-10(15-9)11(12)14;1-17-8-5(6(10)13)2-4(3-11-8)12-7(14)9(15)16/h3*5-8,10,13H,3-4,9H2,1-2H3,(H2,21,26)(H2,22,27)(H,24,28);4-5,7-8,13H,2-3,6H2,1H3,(H2,12,14);2-3H,1H3,(H2,10,13)(H,12,14)(H,15,16)/t3*10-,13+;7-,8+;/m1101./s1.